The standard InChI is InChI=1S/C18H21N3O4/c1-12-9-14(20-25-12)18(22)21-10-16(17-15(21)3-2-8-23-17)24-11-13-4-6-19-7-5-13/h4-7,9,15-17H,2-3,8,10-11H2,1H3/t15-,16-,17+/m1/s1. The van der Waals surface area contributed by atoms with Gasteiger partial charge in [0.25, 0.3) is 5.91 Å². The van der Waals surface area contributed by atoms with Crippen LogP contribution in [-0.4, -0.2) is 52.3 Å². The van der Waals surface area contributed by atoms with E-state index < -0.39 is 0 Å². The molecule has 7 heteroatoms. The number of likely N-dealkylation sites (tertiary alicyclic amines) is 1. The molecule has 0 bridgehead atoms. The summed E-state index contributed by atoms with van der Waals surface area (Å²) in [5.41, 5.74) is 1.40. The summed E-state index contributed by atoms with van der Waals surface area (Å²) in [5, 5.41) is 3.86. The predicted molar refractivity (Wildman–Crippen MR) is 87.9 cm³/mol. The molecule has 132 valence electrons. The van der Waals surface area contributed by atoms with Gasteiger partial charge in [0.15, 0.2) is 5.69 Å². The molecule has 0 spiro atoms. The van der Waals surface area contributed by atoms with Crippen LogP contribution in [0.3, 0.4) is 0 Å². The lowest BCUT2D eigenvalue weighted by molar-refractivity contribution is -0.0809. The fraction of sp³-hybridized carbons (Fsp3) is 0.500. The van der Waals surface area contributed by atoms with Gasteiger partial charge in [0.2, 0.25) is 0 Å². The van der Waals surface area contributed by atoms with Gasteiger partial charge in [-0.05, 0) is 37.5 Å². The minimum absolute atomic E-state index is 0.0284. The third-order valence-electron chi connectivity index (χ3n) is 4.80. The van der Waals surface area contributed by atoms with Crippen molar-refractivity contribution in [3.05, 3.63) is 47.6 Å². The molecule has 1 amide bonds. The number of amides is 1. The number of aryl methyl sites for hydroxylation is 1. The van der Waals surface area contributed by atoms with Gasteiger partial charge in [0.1, 0.15) is 18.0 Å². The summed E-state index contributed by atoms with van der Waals surface area (Å²) in [6.07, 6.45) is 5.12. The molecule has 7 nitrogen and oxygen atoms in total. The van der Waals surface area contributed by atoms with Crippen molar-refractivity contribution >= 4 is 5.91 Å². The van der Waals surface area contributed by atoms with E-state index in [1.807, 2.05) is 17.0 Å². The van der Waals surface area contributed by atoms with Gasteiger partial charge in [0, 0.05) is 25.1 Å². The van der Waals surface area contributed by atoms with Crippen molar-refractivity contribution in [2.24, 2.45) is 0 Å². The number of aromatic nitrogens is 2. The van der Waals surface area contributed by atoms with E-state index in [4.69, 9.17) is 14.0 Å². The zero-order valence-corrected chi connectivity index (χ0v) is 14.1. The van der Waals surface area contributed by atoms with E-state index in [1.165, 1.54) is 0 Å². The van der Waals surface area contributed by atoms with Gasteiger partial charge in [-0.1, -0.05) is 5.16 Å². The Bertz CT molecular complexity index is 733. The molecule has 0 aliphatic carbocycles. The number of carbonyl (C=O) groups is 1. The van der Waals surface area contributed by atoms with Crippen LogP contribution in [0.1, 0.15) is 34.7 Å². The van der Waals surface area contributed by atoms with Gasteiger partial charge < -0.3 is 18.9 Å². The summed E-state index contributed by atoms with van der Waals surface area (Å²) < 4.78 is 17.1. The normalized spacial score (nSPS) is 25.8. The van der Waals surface area contributed by atoms with Crippen molar-refractivity contribution in [3.8, 4) is 0 Å². The van der Waals surface area contributed by atoms with Crippen LogP contribution in [-0.2, 0) is 16.1 Å². The first-order chi connectivity index (χ1) is 12.2. The Morgan fingerprint density at radius 1 is 1.40 bits per heavy atom. The molecule has 0 unspecified atom stereocenters. The van der Waals surface area contributed by atoms with Gasteiger partial charge in [0.05, 0.1) is 19.2 Å². The maximum Gasteiger partial charge on any atom is 0.276 e. The Balaban J connectivity index is 1.48. The summed E-state index contributed by atoms with van der Waals surface area (Å²) in [7, 11) is 0. The van der Waals surface area contributed by atoms with Crippen LogP contribution < -0.4 is 0 Å². The number of hydrogen-bond donors (Lipinski definition) is 0. The van der Waals surface area contributed by atoms with E-state index >= 15 is 0 Å². The maximum absolute atomic E-state index is 12.8. The van der Waals surface area contributed by atoms with Gasteiger partial charge in [-0.25, -0.2) is 0 Å². The molecule has 2 aromatic rings. The number of carbonyl (C=O) groups excluding carboxylic acids is 1. The van der Waals surface area contributed by atoms with Crippen molar-refractivity contribution in [1.82, 2.24) is 15.0 Å². The van der Waals surface area contributed by atoms with Crippen molar-refractivity contribution < 1.29 is 18.8 Å². The van der Waals surface area contributed by atoms with Crippen LogP contribution in [0.5, 0.6) is 0 Å². The highest BCUT2D eigenvalue weighted by molar-refractivity contribution is 5.92. The van der Waals surface area contributed by atoms with Crippen LogP contribution >= 0.6 is 0 Å². The van der Waals surface area contributed by atoms with Gasteiger partial charge in [-0.2, -0.15) is 0 Å². The van der Waals surface area contributed by atoms with E-state index in [2.05, 4.69) is 10.1 Å². The molecule has 2 fully saturated rings. The number of pyridine rings is 1. The average Bonchev–Trinajstić information content (AvgIpc) is 3.24. The van der Waals surface area contributed by atoms with Gasteiger partial charge in [-0.15, -0.1) is 0 Å². The van der Waals surface area contributed by atoms with Crippen molar-refractivity contribution in [2.75, 3.05) is 13.2 Å². The Morgan fingerprint density at radius 3 is 3.00 bits per heavy atom. The van der Waals surface area contributed by atoms with Gasteiger partial charge in [-0.3, -0.25) is 9.78 Å². The fourth-order valence-corrected chi connectivity index (χ4v) is 3.59. The minimum Gasteiger partial charge on any atom is -0.373 e. The highest BCUT2D eigenvalue weighted by Crippen LogP contribution is 2.32. The van der Waals surface area contributed by atoms with Gasteiger partial charge >= 0.3 is 0 Å². The van der Waals surface area contributed by atoms with E-state index in [0.717, 1.165) is 18.4 Å². The number of hydrogen-bond acceptors (Lipinski definition) is 6. The first-order valence-corrected chi connectivity index (χ1v) is 8.59. The highest BCUT2D eigenvalue weighted by atomic mass is 16.5. The molecule has 0 radical (unpaired) electrons. The summed E-state index contributed by atoms with van der Waals surface area (Å²) in [5.74, 6) is 0.511. The second-order valence-electron chi connectivity index (χ2n) is 6.53. The summed E-state index contributed by atoms with van der Waals surface area (Å²) in [6.45, 7) is 3.47. The maximum atomic E-state index is 12.8. The molecule has 25 heavy (non-hydrogen) atoms. The molecule has 0 N–H and O–H groups in total. The Morgan fingerprint density at radius 2 is 2.24 bits per heavy atom. The second kappa shape index (κ2) is 6.93. The van der Waals surface area contributed by atoms with E-state index in [-0.39, 0.29) is 24.2 Å². The Labute approximate surface area is 145 Å². The van der Waals surface area contributed by atoms with Crippen LogP contribution in [0.25, 0.3) is 0 Å². The summed E-state index contributed by atoms with van der Waals surface area (Å²) >= 11 is 0. The van der Waals surface area contributed by atoms with E-state index in [1.54, 1.807) is 25.4 Å². The Kier molecular flexibility index (Phi) is 4.50. The van der Waals surface area contributed by atoms with Crippen molar-refractivity contribution in [3.63, 3.8) is 0 Å². The van der Waals surface area contributed by atoms with Crippen LogP contribution in [0.2, 0.25) is 0 Å². The fourth-order valence-electron chi connectivity index (χ4n) is 3.59. The van der Waals surface area contributed by atoms with Crippen LogP contribution in [0.15, 0.2) is 35.1 Å². The van der Waals surface area contributed by atoms with Crippen molar-refractivity contribution in [2.45, 2.75) is 44.6 Å². The molecule has 3 atom stereocenters. The van der Waals surface area contributed by atoms with Crippen LogP contribution in [0.4, 0.5) is 0 Å². The number of rotatable bonds is 4. The summed E-state index contributed by atoms with van der Waals surface area (Å²) in [4.78, 5) is 18.7. The molecule has 2 aromatic heterocycles. The second-order valence-corrected chi connectivity index (χ2v) is 6.53. The molecule has 2 aliphatic heterocycles. The molecule has 2 aliphatic rings. The molecule has 4 heterocycles. The predicted octanol–water partition coefficient (Wildman–Crippen LogP) is 1.97. The Hall–Kier alpha value is -2.25. The lowest BCUT2D eigenvalue weighted by Gasteiger charge is -2.31. The monoisotopic (exact) mass is 343 g/mol. The lowest BCUT2D eigenvalue weighted by Crippen LogP contribution is -2.44. The molecule has 2 saturated heterocycles. The molecular formula is C18H21N3O4. The molecule has 0 aromatic carbocycles. The quantitative estimate of drug-likeness (QED) is 0.845. The third-order valence-corrected chi connectivity index (χ3v) is 4.80. The first kappa shape index (κ1) is 16.2. The minimum atomic E-state index is -0.143. The van der Waals surface area contributed by atoms with Crippen LogP contribution in [0, 0.1) is 6.92 Å². The zero-order valence-electron chi connectivity index (χ0n) is 14.1. The first-order valence-electron chi connectivity index (χ1n) is 8.59. The smallest absolute Gasteiger partial charge is 0.276 e. The summed E-state index contributed by atoms with van der Waals surface area (Å²) in [6, 6.07) is 5.55. The van der Waals surface area contributed by atoms with E-state index in [9.17, 15) is 4.79 Å². The number of nitrogens with zero attached hydrogens (tertiary/aromatic N) is 3. The number of ether oxygens (including phenoxy) is 2. The van der Waals surface area contributed by atoms with E-state index in [0.29, 0.717) is 31.2 Å². The van der Waals surface area contributed by atoms with Crippen molar-refractivity contribution in [1.29, 1.82) is 0 Å². The largest absolute Gasteiger partial charge is 0.373 e. The third kappa shape index (κ3) is 3.29. The highest BCUT2D eigenvalue weighted by Gasteiger charge is 2.47. The lowest BCUT2D eigenvalue weighted by atomic mass is 10.0. The number of fused-ring (bicyclic) bond motifs is 1. The zero-order chi connectivity index (χ0) is 17.2. The SMILES string of the molecule is Cc1cc(C(=O)N2C[C@@H](OCc3ccncc3)[C@H]3OCCC[C@H]32)no1. The topological polar surface area (TPSA) is 77.7 Å². The molecular weight excluding hydrogens is 322 g/mol. The molecule has 0 saturated carbocycles. The average molecular weight is 343 g/mol. The molecule has 4 rings (SSSR count).